The minimum atomic E-state index is 0.650. The SMILES string of the molecule is Cl/C(=C/c1ccccc1)c1ccc2ccccc2n1. The van der Waals surface area contributed by atoms with Crippen molar-refractivity contribution >= 4 is 33.6 Å². The number of halogens is 1. The summed E-state index contributed by atoms with van der Waals surface area (Å²) in [7, 11) is 0. The van der Waals surface area contributed by atoms with Gasteiger partial charge >= 0.3 is 0 Å². The van der Waals surface area contributed by atoms with Crippen LogP contribution >= 0.6 is 11.6 Å². The van der Waals surface area contributed by atoms with E-state index in [4.69, 9.17) is 11.6 Å². The maximum Gasteiger partial charge on any atom is 0.0823 e. The van der Waals surface area contributed by atoms with E-state index in [2.05, 4.69) is 4.98 Å². The van der Waals surface area contributed by atoms with Gasteiger partial charge in [0.1, 0.15) is 0 Å². The zero-order valence-electron chi connectivity index (χ0n) is 10.3. The van der Waals surface area contributed by atoms with Crippen molar-refractivity contribution in [2.75, 3.05) is 0 Å². The first-order valence-electron chi connectivity index (χ1n) is 6.11. The van der Waals surface area contributed by atoms with Gasteiger partial charge in [0.05, 0.1) is 16.2 Å². The van der Waals surface area contributed by atoms with Gasteiger partial charge in [0.2, 0.25) is 0 Å². The first kappa shape index (κ1) is 11.9. The Labute approximate surface area is 117 Å². The van der Waals surface area contributed by atoms with Crippen LogP contribution in [0.1, 0.15) is 11.3 Å². The third-order valence-electron chi connectivity index (χ3n) is 2.94. The average Bonchev–Trinajstić information content (AvgIpc) is 2.48. The molecule has 0 aliphatic carbocycles. The molecule has 2 aromatic carbocycles. The second-order valence-corrected chi connectivity index (χ2v) is 4.70. The molecule has 0 amide bonds. The molecule has 92 valence electrons. The van der Waals surface area contributed by atoms with E-state index in [1.54, 1.807) is 0 Å². The van der Waals surface area contributed by atoms with Crippen molar-refractivity contribution < 1.29 is 0 Å². The number of para-hydroxylation sites is 1. The fourth-order valence-electron chi connectivity index (χ4n) is 1.97. The van der Waals surface area contributed by atoms with Crippen LogP contribution in [0.15, 0.2) is 66.7 Å². The molecule has 1 aromatic heterocycles. The molecule has 3 aromatic rings. The minimum absolute atomic E-state index is 0.650. The Kier molecular flexibility index (Phi) is 3.30. The standard InChI is InChI=1S/C17H12ClN/c18-15(12-13-6-2-1-3-7-13)17-11-10-14-8-4-5-9-16(14)19-17/h1-12H/b15-12+. The van der Waals surface area contributed by atoms with E-state index in [0.29, 0.717) is 5.03 Å². The molecule has 0 saturated heterocycles. The summed E-state index contributed by atoms with van der Waals surface area (Å²) in [6.45, 7) is 0. The summed E-state index contributed by atoms with van der Waals surface area (Å²) in [5.74, 6) is 0. The van der Waals surface area contributed by atoms with Gasteiger partial charge in [-0.15, -0.1) is 0 Å². The minimum Gasteiger partial charge on any atom is -0.247 e. The number of aromatic nitrogens is 1. The van der Waals surface area contributed by atoms with Gasteiger partial charge in [-0.1, -0.05) is 66.2 Å². The lowest BCUT2D eigenvalue weighted by Crippen LogP contribution is -1.86. The highest BCUT2D eigenvalue weighted by atomic mass is 35.5. The number of nitrogens with zero attached hydrogens (tertiary/aromatic N) is 1. The third-order valence-corrected chi connectivity index (χ3v) is 3.24. The topological polar surface area (TPSA) is 12.9 Å². The van der Waals surface area contributed by atoms with Crippen LogP contribution < -0.4 is 0 Å². The molecule has 19 heavy (non-hydrogen) atoms. The Hall–Kier alpha value is -2.12. The summed E-state index contributed by atoms with van der Waals surface area (Å²) < 4.78 is 0. The van der Waals surface area contributed by atoms with Crippen molar-refractivity contribution in [3.05, 3.63) is 78.0 Å². The maximum absolute atomic E-state index is 6.34. The molecule has 0 saturated carbocycles. The Morgan fingerprint density at radius 3 is 2.42 bits per heavy atom. The predicted octanol–water partition coefficient (Wildman–Crippen LogP) is 4.97. The van der Waals surface area contributed by atoms with E-state index in [9.17, 15) is 0 Å². The van der Waals surface area contributed by atoms with E-state index in [-0.39, 0.29) is 0 Å². The lowest BCUT2D eigenvalue weighted by Gasteiger charge is -2.02. The van der Waals surface area contributed by atoms with Crippen LogP contribution in [0.25, 0.3) is 22.0 Å². The number of hydrogen-bond acceptors (Lipinski definition) is 1. The van der Waals surface area contributed by atoms with E-state index in [1.165, 1.54) is 0 Å². The van der Waals surface area contributed by atoms with E-state index >= 15 is 0 Å². The van der Waals surface area contributed by atoms with Gasteiger partial charge in [-0.25, -0.2) is 4.98 Å². The zero-order valence-corrected chi connectivity index (χ0v) is 11.0. The van der Waals surface area contributed by atoms with Gasteiger partial charge in [0.15, 0.2) is 0 Å². The molecule has 0 N–H and O–H groups in total. The molecule has 0 spiro atoms. The maximum atomic E-state index is 6.34. The highest BCUT2D eigenvalue weighted by Crippen LogP contribution is 2.22. The first-order valence-corrected chi connectivity index (χ1v) is 6.49. The largest absolute Gasteiger partial charge is 0.247 e. The normalized spacial score (nSPS) is 11.7. The molecule has 0 unspecified atom stereocenters. The highest BCUT2D eigenvalue weighted by Gasteiger charge is 2.02. The molecule has 0 atom stereocenters. The molecule has 0 fully saturated rings. The van der Waals surface area contributed by atoms with E-state index in [1.807, 2.05) is 72.8 Å². The van der Waals surface area contributed by atoms with Gasteiger partial charge in [0, 0.05) is 5.39 Å². The zero-order chi connectivity index (χ0) is 13.1. The number of fused-ring (bicyclic) bond motifs is 1. The Morgan fingerprint density at radius 1 is 0.842 bits per heavy atom. The van der Waals surface area contributed by atoms with Crippen molar-refractivity contribution in [1.82, 2.24) is 4.98 Å². The van der Waals surface area contributed by atoms with Crippen LogP contribution in [0.3, 0.4) is 0 Å². The smallest absolute Gasteiger partial charge is 0.0823 e. The highest BCUT2D eigenvalue weighted by molar-refractivity contribution is 6.51. The summed E-state index contributed by atoms with van der Waals surface area (Å²) in [5, 5.41) is 1.77. The van der Waals surface area contributed by atoms with Gasteiger partial charge in [-0.3, -0.25) is 0 Å². The molecule has 0 radical (unpaired) electrons. The summed E-state index contributed by atoms with van der Waals surface area (Å²) >= 11 is 6.34. The fourth-order valence-corrected chi connectivity index (χ4v) is 2.20. The predicted molar refractivity (Wildman–Crippen MR) is 81.9 cm³/mol. The Bertz CT molecular complexity index is 732. The van der Waals surface area contributed by atoms with Crippen molar-refractivity contribution in [2.24, 2.45) is 0 Å². The molecule has 1 heterocycles. The second kappa shape index (κ2) is 5.25. The van der Waals surface area contributed by atoms with Gasteiger partial charge in [-0.05, 0) is 23.8 Å². The second-order valence-electron chi connectivity index (χ2n) is 4.29. The van der Waals surface area contributed by atoms with Crippen molar-refractivity contribution in [3.63, 3.8) is 0 Å². The average molecular weight is 266 g/mol. The van der Waals surface area contributed by atoms with Crippen LogP contribution in [0.4, 0.5) is 0 Å². The Balaban J connectivity index is 2.02. The van der Waals surface area contributed by atoms with Crippen LogP contribution in [0.2, 0.25) is 0 Å². The van der Waals surface area contributed by atoms with Gasteiger partial charge < -0.3 is 0 Å². The molecule has 3 rings (SSSR count). The Morgan fingerprint density at radius 2 is 1.58 bits per heavy atom. The fraction of sp³-hybridized carbons (Fsp3) is 0. The number of hydrogen-bond donors (Lipinski definition) is 0. The van der Waals surface area contributed by atoms with Crippen molar-refractivity contribution in [3.8, 4) is 0 Å². The van der Waals surface area contributed by atoms with Crippen LogP contribution in [0.5, 0.6) is 0 Å². The number of rotatable bonds is 2. The van der Waals surface area contributed by atoms with Gasteiger partial charge in [0.25, 0.3) is 0 Å². The molecular weight excluding hydrogens is 254 g/mol. The van der Waals surface area contributed by atoms with Gasteiger partial charge in [-0.2, -0.15) is 0 Å². The van der Waals surface area contributed by atoms with Crippen LogP contribution in [0, 0.1) is 0 Å². The molecule has 0 bridgehead atoms. The summed E-state index contributed by atoms with van der Waals surface area (Å²) in [4.78, 5) is 4.57. The summed E-state index contributed by atoms with van der Waals surface area (Å²) in [5.41, 5.74) is 2.83. The molecule has 2 heteroatoms. The third kappa shape index (κ3) is 2.67. The summed E-state index contributed by atoms with van der Waals surface area (Å²) in [6, 6.07) is 22.0. The van der Waals surface area contributed by atoms with E-state index < -0.39 is 0 Å². The lowest BCUT2D eigenvalue weighted by molar-refractivity contribution is 1.37. The molecular formula is C17H12ClN. The van der Waals surface area contributed by atoms with Crippen LogP contribution in [-0.4, -0.2) is 4.98 Å². The monoisotopic (exact) mass is 265 g/mol. The molecule has 1 nitrogen and oxygen atoms in total. The quantitative estimate of drug-likeness (QED) is 0.637. The molecule has 0 aliphatic rings. The van der Waals surface area contributed by atoms with Crippen molar-refractivity contribution in [1.29, 1.82) is 0 Å². The molecule has 0 aliphatic heterocycles. The number of benzene rings is 2. The summed E-state index contributed by atoms with van der Waals surface area (Å²) in [6.07, 6.45) is 1.93. The van der Waals surface area contributed by atoms with Crippen LogP contribution in [-0.2, 0) is 0 Å². The first-order chi connectivity index (χ1) is 9.33. The van der Waals surface area contributed by atoms with Crippen molar-refractivity contribution in [2.45, 2.75) is 0 Å². The van der Waals surface area contributed by atoms with E-state index in [0.717, 1.165) is 22.2 Å². The lowest BCUT2D eigenvalue weighted by atomic mass is 10.1. The number of pyridine rings is 1.